The number of nitrogens with zero attached hydrogens (tertiary/aromatic N) is 2. The van der Waals surface area contributed by atoms with Gasteiger partial charge in [-0.15, -0.1) is 0 Å². The number of hydrogen-bond acceptors (Lipinski definition) is 7. The van der Waals surface area contributed by atoms with Crippen molar-refractivity contribution in [2.75, 3.05) is 0 Å². The van der Waals surface area contributed by atoms with Crippen LogP contribution in [0.5, 0.6) is 0 Å². The highest BCUT2D eigenvalue weighted by atomic mass is 16.7. The molecule has 1 aromatic rings. The molecular formula is C10H10N2O7. The number of para-hydroxylation sites is 1. The summed E-state index contributed by atoms with van der Waals surface area (Å²) in [6.07, 6.45) is -3.60. The van der Waals surface area contributed by atoms with Crippen molar-refractivity contribution in [3.8, 4) is 0 Å². The van der Waals surface area contributed by atoms with E-state index in [2.05, 4.69) is 4.74 Å². The molecule has 0 aliphatic heterocycles. The molecule has 2 atom stereocenters. The molecule has 0 aliphatic rings. The molecule has 0 aromatic heterocycles. The summed E-state index contributed by atoms with van der Waals surface area (Å²) in [5.74, 6) is -1.24. The average molecular weight is 270 g/mol. The molecule has 2 unspecified atom stereocenters. The minimum atomic E-state index is -2.04. The van der Waals surface area contributed by atoms with Gasteiger partial charge in [0.1, 0.15) is 11.7 Å². The van der Waals surface area contributed by atoms with Gasteiger partial charge in [-0.1, -0.05) is 12.1 Å². The number of carbonyl (C=O) groups is 1. The summed E-state index contributed by atoms with van der Waals surface area (Å²) in [5.41, 5.74) is -0.908. The Morgan fingerprint density at radius 2 is 1.89 bits per heavy atom. The van der Waals surface area contributed by atoms with Crippen LogP contribution in [0.1, 0.15) is 18.7 Å². The van der Waals surface area contributed by atoms with Crippen molar-refractivity contribution >= 4 is 11.7 Å². The Hall–Kier alpha value is -2.55. The third kappa shape index (κ3) is 3.45. The molecule has 0 spiro atoms. The van der Waals surface area contributed by atoms with Crippen LogP contribution in [0.2, 0.25) is 0 Å². The molecule has 1 N–H and O–H groups in total. The minimum absolute atomic E-state index is 0.369. The van der Waals surface area contributed by atoms with Gasteiger partial charge < -0.3 is 9.84 Å². The molecule has 9 heteroatoms. The topological polar surface area (TPSA) is 133 Å². The van der Waals surface area contributed by atoms with Crippen LogP contribution in [0.4, 0.5) is 5.69 Å². The second-order valence-corrected chi connectivity index (χ2v) is 3.57. The zero-order chi connectivity index (χ0) is 14.6. The van der Waals surface area contributed by atoms with Crippen LogP contribution in [0.3, 0.4) is 0 Å². The molecule has 0 fully saturated rings. The minimum Gasteiger partial charge on any atom is -0.392 e. The van der Waals surface area contributed by atoms with Crippen LogP contribution >= 0.6 is 0 Å². The average Bonchev–Trinajstić information content (AvgIpc) is 2.34. The SMILES string of the molecule is CC(O)C(=O)OC(c1ccccc1[N+](=O)[O-])[N+](=O)[O-]. The Labute approximate surface area is 106 Å². The highest BCUT2D eigenvalue weighted by Gasteiger charge is 2.34. The van der Waals surface area contributed by atoms with Gasteiger partial charge in [0, 0.05) is 6.07 Å². The first-order valence-electron chi connectivity index (χ1n) is 5.10. The molecule has 102 valence electrons. The number of carbonyl (C=O) groups excluding carboxylic acids is 1. The number of ether oxygens (including phenoxy) is 1. The van der Waals surface area contributed by atoms with Crippen molar-refractivity contribution in [1.82, 2.24) is 0 Å². The standard InChI is InChI=1S/C10H10N2O7/c1-6(13)10(14)19-9(12(17)18)7-4-2-3-5-8(7)11(15)16/h2-6,9,13H,1H3. The van der Waals surface area contributed by atoms with Crippen molar-refractivity contribution < 1.29 is 24.5 Å². The Morgan fingerprint density at radius 1 is 1.32 bits per heavy atom. The predicted molar refractivity (Wildman–Crippen MR) is 60.6 cm³/mol. The maximum atomic E-state index is 11.2. The van der Waals surface area contributed by atoms with Gasteiger partial charge in [0.25, 0.3) is 5.69 Å². The fourth-order valence-corrected chi connectivity index (χ4v) is 1.29. The second-order valence-electron chi connectivity index (χ2n) is 3.57. The van der Waals surface area contributed by atoms with Gasteiger partial charge in [-0.25, -0.2) is 4.79 Å². The van der Waals surface area contributed by atoms with Crippen LogP contribution in [0, 0.1) is 20.2 Å². The number of hydrogen-bond donors (Lipinski definition) is 1. The second kappa shape index (κ2) is 5.87. The monoisotopic (exact) mass is 270 g/mol. The molecule has 19 heavy (non-hydrogen) atoms. The highest BCUT2D eigenvalue weighted by molar-refractivity contribution is 5.74. The lowest BCUT2D eigenvalue weighted by Gasteiger charge is -2.11. The third-order valence-corrected chi connectivity index (χ3v) is 2.16. The van der Waals surface area contributed by atoms with Gasteiger partial charge in [0.05, 0.1) is 9.85 Å². The van der Waals surface area contributed by atoms with E-state index in [0.29, 0.717) is 0 Å². The normalized spacial score (nSPS) is 13.4. The summed E-state index contributed by atoms with van der Waals surface area (Å²) >= 11 is 0. The molecule has 0 saturated carbocycles. The van der Waals surface area contributed by atoms with Gasteiger partial charge in [-0.05, 0) is 13.0 Å². The van der Waals surface area contributed by atoms with Gasteiger partial charge in [-0.3, -0.25) is 20.2 Å². The summed E-state index contributed by atoms with van der Waals surface area (Å²) in [7, 11) is 0. The first-order valence-corrected chi connectivity index (χ1v) is 5.10. The third-order valence-electron chi connectivity index (χ3n) is 2.16. The lowest BCUT2D eigenvalue weighted by molar-refractivity contribution is -0.577. The zero-order valence-electron chi connectivity index (χ0n) is 9.76. The van der Waals surface area contributed by atoms with Crippen LogP contribution in [-0.4, -0.2) is 27.0 Å². The van der Waals surface area contributed by atoms with Crippen LogP contribution < -0.4 is 0 Å². The van der Waals surface area contributed by atoms with Gasteiger partial charge in [-0.2, -0.15) is 0 Å². The van der Waals surface area contributed by atoms with Crippen molar-refractivity contribution in [1.29, 1.82) is 0 Å². The number of esters is 1. The van der Waals surface area contributed by atoms with E-state index >= 15 is 0 Å². The molecule has 0 radical (unpaired) electrons. The van der Waals surface area contributed by atoms with E-state index in [4.69, 9.17) is 5.11 Å². The Bertz CT molecular complexity index is 514. The highest BCUT2D eigenvalue weighted by Crippen LogP contribution is 2.28. The number of rotatable bonds is 5. The lowest BCUT2D eigenvalue weighted by atomic mass is 10.1. The zero-order valence-corrected chi connectivity index (χ0v) is 9.76. The lowest BCUT2D eigenvalue weighted by Crippen LogP contribution is -2.26. The Morgan fingerprint density at radius 3 is 2.37 bits per heavy atom. The molecule has 0 amide bonds. The molecular weight excluding hydrogens is 260 g/mol. The number of aliphatic hydroxyl groups excluding tert-OH is 1. The van der Waals surface area contributed by atoms with E-state index in [1.807, 2.05) is 0 Å². The van der Waals surface area contributed by atoms with Crippen molar-refractivity contribution in [2.24, 2.45) is 0 Å². The first-order chi connectivity index (χ1) is 8.84. The smallest absolute Gasteiger partial charge is 0.389 e. The number of aliphatic hydroxyl groups is 1. The van der Waals surface area contributed by atoms with E-state index < -0.39 is 33.8 Å². The maximum absolute atomic E-state index is 11.2. The van der Waals surface area contributed by atoms with E-state index in [0.717, 1.165) is 19.1 Å². The van der Waals surface area contributed by atoms with E-state index in [1.165, 1.54) is 12.1 Å². The summed E-state index contributed by atoms with van der Waals surface area (Å²) in [6.45, 7) is 1.07. The molecule has 0 saturated heterocycles. The summed E-state index contributed by atoms with van der Waals surface area (Å²) in [5, 5.41) is 30.6. The number of benzene rings is 1. The maximum Gasteiger partial charge on any atom is 0.389 e. The van der Waals surface area contributed by atoms with Gasteiger partial charge in [0.2, 0.25) is 0 Å². The van der Waals surface area contributed by atoms with Crippen molar-refractivity contribution in [3.05, 3.63) is 50.1 Å². The Balaban J connectivity index is 3.17. The van der Waals surface area contributed by atoms with E-state index in [-0.39, 0.29) is 5.56 Å². The molecule has 1 rings (SSSR count). The molecule has 1 aromatic carbocycles. The van der Waals surface area contributed by atoms with Gasteiger partial charge >= 0.3 is 12.2 Å². The molecule has 9 nitrogen and oxygen atoms in total. The quantitative estimate of drug-likeness (QED) is 0.362. The fourth-order valence-electron chi connectivity index (χ4n) is 1.29. The summed E-state index contributed by atoms with van der Waals surface area (Å²) < 4.78 is 4.46. The first kappa shape index (κ1) is 14.5. The van der Waals surface area contributed by atoms with E-state index in [9.17, 15) is 25.0 Å². The number of nitro benzene ring substituents is 1. The van der Waals surface area contributed by atoms with Gasteiger partial charge in [0.15, 0.2) is 0 Å². The van der Waals surface area contributed by atoms with Crippen LogP contribution in [0.25, 0.3) is 0 Å². The molecule has 0 aliphatic carbocycles. The predicted octanol–water partition coefficient (Wildman–Crippen LogP) is 0.794. The van der Waals surface area contributed by atoms with Crippen LogP contribution in [-0.2, 0) is 9.53 Å². The largest absolute Gasteiger partial charge is 0.392 e. The Kier molecular flexibility index (Phi) is 4.48. The van der Waals surface area contributed by atoms with E-state index in [1.54, 1.807) is 0 Å². The summed E-state index contributed by atoms with van der Waals surface area (Å²) in [6, 6.07) is 4.84. The van der Waals surface area contributed by atoms with Crippen LogP contribution in [0.15, 0.2) is 24.3 Å². The van der Waals surface area contributed by atoms with Crippen molar-refractivity contribution in [2.45, 2.75) is 19.3 Å². The number of nitro groups is 2. The van der Waals surface area contributed by atoms with Crippen molar-refractivity contribution in [3.63, 3.8) is 0 Å². The fraction of sp³-hybridized carbons (Fsp3) is 0.300. The molecule has 0 bridgehead atoms. The summed E-state index contributed by atoms with van der Waals surface area (Å²) in [4.78, 5) is 31.0. The molecule has 0 heterocycles.